The molecule has 1 heterocycles. The molecule has 1 aliphatic rings. The highest BCUT2D eigenvalue weighted by Gasteiger charge is 2.24. The molecule has 4 heteroatoms. The third-order valence-corrected chi connectivity index (χ3v) is 5.01. The summed E-state index contributed by atoms with van der Waals surface area (Å²) in [4.78, 5) is 2.54. The lowest BCUT2D eigenvalue weighted by Gasteiger charge is -2.38. The van der Waals surface area contributed by atoms with Crippen molar-refractivity contribution in [3.8, 4) is 0 Å². The first kappa shape index (κ1) is 16.8. The number of nitrogens with one attached hydrogen (secondary N) is 1. The molecule has 1 aliphatic heterocycles. The first-order valence-electron chi connectivity index (χ1n) is 7.85. The van der Waals surface area contributed by atoms with Crippen molar-refractivity contribution in [3.63, 3.8) is 0 Å². The SMILES string of the molecule is COCCNCc1ccc(Br)cc1N1CCC(C)C(C)C1. The minimum atomic E-state index is 0.754. The lowest BCUT2D eigenvalue weighted by atomic mass is 9.88. The predicted octanol–water partition coefficient (Wildman–Crippen LogP) is 3.67. The fourth-order valence-electron chi connectivity index (χ4n) is 2.86. The molecule has 2 rings (SSSR count). The van der Waals surface area contributed by atoms with Crippen LogP contribution in [0.15, 0.2) is 22.7 Å². The summed E-state index contributed by atoms with van der Waals surface area (Å²) in [5.74, 6) is 1.59. The van der Waals surface area contributed by atoms with Gasteiger partial charge in [-0.05, 0) is 36.0 Å². The molecule has 2 unspecified atom stereocenters. The number of hydrogen-bond acceptors (Lipinski definition) is 3. The molecule has 3 nitrogen and oxygen atoms in total. The number of piperidine rings is 1. The molecule has 1 fully saturated rings. The van der Waals surface area contributed by atoms with Gasteiger partial charge in [0.1, 0.15) is 0 Å². The molecule has 0 spiro atoms. The van der Waals surface area contributed by atoms with Crippen molar-refractivity contribution in [2.45, 2.75) is 26.8 Å². The third kappa shape index (κ3) is 4.70. The summed E-state index contributed by atoms with van der Waals surface area (Å²) < 4.78 is 6.25. The maximum atomic E-state index is 5.09. The van der Waals surface area contributed by atoms with E-state index in [-0.39, 0.29) is 0 Å². The first-order valence-corrected chi connectivity index (χ1v) is 8.64. The predicted molar refractivity (Wildman–Crippen MR) is 92.9 cm³/mol. The summed E-state index contributed by atoms with van der Waals surface area (Å²) in [5, 5.41) is 3.45. The summed E-state index contributed by atoms with van der Waals surface area (Å²) >= 11 is 3.62. The van der Waals surface area contributed by atoms with Gasteiger partial charge >= 0.3 is 0 Å². The molecule has 0 amide bonds. The van der Waals surface area contributed by atoms with Crippen molar-refractivity contribution in [2.24, 2.45) is 11.8 Å². The van der Waals surface area contributed by atoms with Gasteiger partial charge in [0, 0.05) is 43.4 Å². The molecule has 0 bridgehead atoms. The molecular formula is C17H27BrN2O. The van der Waals surface area contributed by atoms with E-state index in [2.05, 4.69) is 58.2 Å². The Bertz CT molecular complexity index is 452. The van der Waals surface area contributed by atoms with Crippen LogP contribution in [0.5, 0.6) is 0 Å². The second-order valence-corrected chi connectivity index (χ2v) is 7.05. The van der Waals surface area contributed by atoms with Gasteiger partial charge in [-0.15, -0.1) is 0 Å². The van der Waals surface area contributed by atoms with E-state index >= 15 is 0 Å². The Labute approximate surface area is 137 Å². The van der Waals surface area contributed by atoms with Gasteiger partial charge in [0.15, 0.2) is 0 Å². The maximum absolute atomic E-state index is 5.09. The number of hydrogen-bond donors (Lipinski definition) is 1. The van der Waals surface area contributed by atoms with Crippen LogP contribution < -0.4 is 10.2 Å². The number of methoxy groups -OCH3 is 1. The molecule has 0 saturated carbocycles. The second kappa shape index (κ2) is 8.16. The largest absolute Gasteiger partial charge is 0.383 e. The smallest absolute Gasteiger partial charge is 0.0587 e. The summed E-state index contributed by atoms with van der Waals surface area (Å²) in [5.41, 5.74) is 2.74. The van der Waals surface area contributed by atoms with E-state index in [1.807, 2.05) is 0 Å². The third-order valence-electron chi connectivity index (χ3n) is 4.52. The number of rotatable bonds is 6. The summed E-state index contributed by atoms with van der Waals surface area (Å²) in [6.45, 7) is 9.59. The number of nitrogens with zero attached hydrogens (tertiary/aromatic N) is 1. The van der Waals surface area contributed by atoms with Crippen molar-refractivity contribution < 1.29 is 4.74 Å². The van der Waals surface area contributed by atoms with Gasteiger partial charge in [0.25, 0.3) is 0 Å². The highest BCUT2D eigenvalue weighted by Crippen LogP contribution is 2.31. The topological polar surface area (TPSA) is 24.5 Å². The number of ether oxygens (including phenoxy) is 1. The van der Waals surface area contributed by atoms with Gasteiger partial charge < -0.3 is 15.0 Å². The standard InChI is InChI=1S/C17H27BrN2O/c1-13-6-8-20(12-14(13)2)17-10-16(18)5-4-15(17)11-19-7-9-21-3/h4-5,10,13-14,19H,6-9,11-12H2,1-3H3. The van der Waals surface area contributed by atoms with E-state index in [9.17, 15) is 0 Å². The van der Waals surface area contributed by atoms with Crippen LogP contribution in [0.2, 0.25) is 0 Å². The van der Waals surface area contributed by atoms with E-state index in [0.717, 1.165) is 49.1 Å². The molecule has 118 valence electrons. The van der Waals surface area contributed by atoms with E-state index < -0.39 is 0 Å². The zero-order valence-corrected chi connectivity index (χ0v) is 14.9. The second-order valence-electron chi connectivity index (χ2n) is 6.13. The Balaban J connectivity index is 2.07. The lowest BCUT2D eigenvalue weighted by Crippen LogP contribution is -2.39. The monoisotopic (exact) mass is 354 g/mol. The fourth-order valence-corrected chi connectivity index (χ4v) is 3.21. The zero-order valence-electron chi connectivity index (χ0n) is 13.4. The molecular weight excluding hydrogens is 328 g/mol. The Morgan fingerprint density at radius 1 is 1.33 bits per heavy atom. The number of halogens is 1. The highest BCUT2D eigenvalue weighted by molar-refractivity contribution is 9.10. The van der Waals surface area contributed by atoms with E-state index in [4.69, 9.17) is 4.74 Å². The fraction of sp³-hybridized carbons (Fsp3) is 0.647. The Morgan fingerprint density at radius 2 is 2.14 bits per heavy atom. The molecule has 0 aliphatic carbocycles. The number of anilines is 1. The van der Waals surface area contributed by atoms with Gasteiger partial charge in [-0.3, -0.25) is 0 Å². The van der Waals surface area contributed by atoms with Crippen LogP contribution in [0.4, 0.5) is 5.69 Å². The quantitative estimate of drug-likeness (QED) is 0.788. The Morgan fingerprint density at radius 3 is 2.86 bits per heavy atom. The van der Waals surface area contributed by atoms with Crippen LogP contribution in [0, 0.1) is 11.8 Å². The van der Waals surface area contributed by atoms with Gasteiger partial charge in [-0.25, -0.2) is 0 Å². The van der Waals surface area contributed by atoms with Crippen molar-refractivity contribution >= 4 is 21.6 Å². The van der Waals surface area contributed by atoms with E-state index in [1.54, 1.807) is 7.11 Å². The van der Waals surface area contributed by atoms with Crippen LogP contribution in [0.3, 0.4) is 0 Å². The summed E-state index contributed by atoms with van der Waals surface area (Å²) in [7, 11) is 1.74. The van der Waals surface area contributed by atoms with Crippen molar-refractivity contribution in [2.75, 3.05) is 38.3 Å². The Kier molecular flexibility index (Phi) is 6.52. The minimum Gasteiger partial charge on any atom is -0.383 e. The van der Waals surface area contributed by atoms with Crippen LogP contribution >= 0.6 is 15.9 Å². The van der Waals surface area contributed by atoms with Crippen LogP contribution in [-0.2, 0) is 11.3 Å². The average molecular weight is 355 g/mol. The molecule has 0 radical (unpaired) electrons. The number of benzene rings is 1. The molecule has 2 atom stereocenters. The van der Waals surface area contributed by atoms with Crippen molar-refractivity contribution in [1.29, 1.82) is 0 Å². The van der Waals surface area contributed by atoms with E-state index in [0.29, 0.717) is 0 Å². The molecule has 1 aromatic carbocycles. The van der Waals surface area contributed by atoms with Crippen LogP contribution in [0.1, 0.15) is 25.8 Å². The van der Waals surface area contributed by atoms with Crippen molar-refractivity contribution in [3.05, 3.63) is 28.2 Å². The van der Waals surface area contributed by atoms with Crippen LogP contribution in [0.25, 0.3) is 0 Å². The summed E-state index contributed by atoms with van der Waals surface area (Å²) in [6, 6.07) is 6.62. The normalized spacial score (nSPS) is 22.6. The highest BCUT2D eigenvalue weighted by atomic mass is 79.9. The molecule has 1 N–H and O–H groups in total. The Hall–Kier alpha value is -0.580. The summed E-state index contributed by atoms with van der Waals surface area (Å²) in [6.07, 6.45) is 1.28. The van der Waals surface area contributed by atoms with Gasteiger partial charge in [-0.1, -0.05) is 35.8 Å². The van der Waals surface area contributed by atoms with Gasteiger partial charge in [-0.2, -0.15) is 0 Å². The first-order chi connectivity index (χ1) is 10.1. The van der Waals surface area contributed by atoms with Crippen molar-refractivity contribution in [1.82, 2.24) is 5.32 Å². The zero-order chi connectivity index (χ0) is 15.2. The molecule has 1 saturated heterocycles. The van der Waals surface area contributed by atoms with Crippen LogP contribution in [-0.4, -0.2) is 33.4 Å². The molecule has 1 aromatic rings. The van der Waals surface area contributed by atoms with Gasteiger partial charge in [0.05, 0.1) is 6.61 Å². The maximum Gasteiger partial charge on any atom is 0.0587 e. The molecule has 21 heavy (non-hydrogen) atoms. The van der Waals surface area contributed by atoms with E-state index in [1.165, 1.54) is 17.7 Å². The molecule has 0 aromatic heterocycles. The minimum absolute atomic E-state index is 0.754. The average Bonchev–Trinajstić information content (AvgIpc) is 2.48. The van der Waals surface area contributed by atoms with Gasteiger partial charge in [0.2, 0.25) is 0 Å². The lowest BCUT2D eigenvalue weighted by molar-refractivity contribution is 0.199.